The Kier molecular flexibility index (Phi) is 3.21. The number of anilines is 2. The van der Waals surface area contributed by atoms with Crippen molar-refractivity contribution in [3.05, 3.63) is 6.07 Å². The molecular weight excluding hydrogens is 244 g/mol. The fourth-order valence-corrected chi connectivity index (χ4v) is 3.06. The zero-order valence-electron chi connectivity index (χ0n) is 11.7. The minimum Gasteiger partial charge on any atom is -0.383 e. The van der Waals surface area contributed by atoms with Gasteiger partial charge in [-0.15, -0.1) is 0 Å². The summed E-state index contributed by atoms with van der Waals surface area (Å²) in [7, 11) is 0. The van der Waals surface area contributed by atoms with Crippen molar-refractivity contribution < 1.29 is 0 Å². The Hall–Kier alpha value is -0.970. The van der Waals surface area contributed by atoms with Gasteiger partial charge in [0.15, 0.2) is 5.16 Å². The average molecular weight is 266 g/mol. The maximum absolute atomic E-state index is 5.76. The van der Waals surface area contributed by atoms with Crippen LogP contribution in [0.15, 0.2) is 11.2 Å². The number of thioether (sulfide) groups is 1. The summed E-state index contributed by atoms with van der Waals surface area (Å²) >= 11 is 1.50. The molecule has 1 saturated carbocycles. The van der Waals surface area contributed by atoms with E-state index >= 15 is 0 Å². The van der Waals surface area contributed by atoms with Crippen LogP contribution in [0.4, 0.5) is 11.6 Å². The lowest BCUT2D eigenvalue weighted by Gasteiger charge is -2.08. The molecule has 1 aromatic heterocycles. The molecule has 1 aliphatic carbocycles. The average Bonchev–Trinajstić information content (AvgIpc) is 2.66. The van der Waals surface area contributed by atoms with Crippen LogP contribution in [0.5, 0.6) is 0 Å². The standard InChI is InChI=1S/C13H22N4S/c1-12(2)8(13(12,3)4)7-15-10-6-9(14)16-11(17-10)18-5/h6,8H,7H2,1-5H3,(H3,14,15,16,17). The van der Waals surface area contributed by atoms with Crippen molar-refractivity contribution in [3.63, 3.8) is 0 Å². The van der Waals surface area contributed by atoms with E-state index in [1.54, 1.807) is 6.07 Å². The van der Waals surface area contributed by atoms with Gasteiger partial charge in [0.2, 0.25) is 0 Å². The third-order valence-electron chi connectivity index (χ3n) is 4.71. The van der Waals surface area contributed by atoms with Crippen molar-refractivity contribution in [2.45, 2.75) is 32.9 Å². The lowest BCUT2D eigenvalue weighted by Crippen LogP contribution is -2.10. The highest BCUT2D eigenvalue weighted by molar-refractivity contribution is 7.98. The van der Waals surface area contributed by atoms with E-state index in [0.717, 1.165) is 12.4 Å². The fraction of sp³-hybridized carbons (Fsp3) is 0.692. The fourth-order valence-electron chi connectivity index (χ4n) is 2.68. The van der Waals surface area contributed by atoms with Crippen LogP contribution < -0.4 is 11.1 Å². The molecule has 1 heterocycles. The van der Waals surface area contributed by atoms with Crippen molar-refractivity contribution in [2.75, 3.05) is 23.9 Å². The highest BCUT2D eigenvalue weighted by Crippen LogP contribution is 2.68. The third kappa shape index (κ3) is 2.16. The van der Waals surface area contributed by atoms with Gasteiger partial charge >= 0.3 is 0 Å². The molecule has 0 amide bonds. The normalized spacial score (nSPS) is 20.7. The zero-order valence-corrected chi connectivity index (χ0v) is 12.6. The Morgan fingerprint density at radius 3 is 2.39 bits per heavy atom. The molecule has 0 bridgehead atoms. The van der Waals surface area contributed by atoms with E-state index < -0.39 is 0 Å². The number of nitrogens with one attached hydrogen (secondary N) is 1. The molecule has 1 aliphatic rings. The minimum absolute atomic E-state index is 0.390. The van der Waals surface area contributed by atoms with Crippen molar-refractivity contribution in [2.24, 2.45) is 16.7 Å². The number of nitrogens with zero attached hydrogens (tertiary/aromatic N) is 2. The number of hydrogen-bond acceptors (Lipinski definition) is 5. The molecule has 2 rings (SSSR count). The first-order chi connectivity index (χ1) is 8.29. The molecule has 18 heavy (non-hydrogen) atoms. The van der Waals surface area contributed by atoms with Crippen molar-refractivity contribution in [1.29, 1.82) is 0 Å². The number of aromatic nitrogens is 2. The molecule has 3 N–H and O–H groups in total. The first-order valence-corrected chi connectivity index (χ1v) is 7.44. The van der Waals surface area contributed by atoms with Crippen LogP contribution in [0.25, 0.3) is 0 Å². The van der Waals surface area contributed by atoms with Crippen molar-refractivity contribution in [3.8, 4) is 0 Å². The van der Waals surface area contributed by atoms with Crippen LogP contribution in [0.1, 0.15) is 27.7 Å². The second kappa shape index (κ2) is 4.30. The topological polar surface area (TPSA) is 63.8 Å². The van der Waals surface area contributed by atoms with E-state index in [9.17, 15) is 0 Å². The molecule has 0 spiro atoms. The zero-order chi connectivity index (χ0) is 13.6. The van der Waals surface area contributed by atoms with Crippen molar-refractivity contribution >= 4 is 23.4 Å². The summed E-state index contributed by atoms with van der Waals surface area (Å²) in [5.74, 6) is 2.01. The van der Waals surface area contributed by atoms with Crippen LogP contribution in [-0.2, 0) is 0 Å². The van der Waals surface area contributed by atoms with Crippen LogP contribution in [0, 0.1) is 16.7 Å². The molecule has 1 aromatic rings. The molecule has 0 radical (unpaired) electrons. The van der Waals surface area contributed by atoms with E-state index in [1.807, 2.05) is 6.26 Å². The molecule has 5 heteroatoms. The van der Waals surface area contributed by atoms with Gasteiger partial charge in [-0.1, -0.05) is 39.5 Å². The summed E-state index contributed by atoms with van der Waals surface area (Å²) in [4.78, 5) is 8.55. The number of nitrogens with two attached hydrogens (primary N) is 1. The van der Waals surface area contributed by atoms with Gasteiger partial charge in [-0.3, -0.25) is 0 Å². The summed E-state index contributed by atoms with van der Waals surface area (Å²) < 4.78 is 0. The second-order valence-corrected chi connectivity index (χ2v) is 6.82. The summed E-state index contributed by atoms with van der Waals surface area (Å²) in [5, 5.41) is 4.10. The van der Waals surface area contributed by atoms with E-state index in [2.05, 4.69) is 43.0 Å². The van der Waals surface area contributed by atoms with Gasteiger partial charge in [-0.05, 0) is 23.0 Å². The van der Waals surface area contributed by atoms with Gasteiger partial charge in [0.1, 0.15) is 11.6 Å². The Balaban J connectivity index is 2.02. The molecule has 0 atom stereocenters. The molecule has 4 nitrogen and oxygen atoms in total. The van der Waals surface area contributed by atoms with Gasteiger partial charge in [-0.25, -0.2) is 9.97 Å². The predicted octanol–water partition coefficient (Wildman–Crippen LogP) is 2.87. The maximum atomic E-state index is 5.76. The van der Waals surface area contributed by atoms with E-state index in [0.29, 0.717) is 27.7 Å². The molecule has 0 unspecified atom stereocenters. The first-order valence-electron chi connectivity index (χ1n) is 6.21. The highest BCUT2D eigenvalue weighted by atomic mass is 32.2. The predicted molar refractivity (Wildman–Crippen MR) is 77.8 cm³/mol. The monoisotopic (exact) mass is 266 g/mol. The number of hydrogen-bond donors (Lipinski definition) is 2. The minimum atomic E-state index is 0.390. The molecule has 100 valence electrons. The number of rotatable bonds is 4. The van der Waals surface area contributed by atoms with E-state index in [4.69, 9.17) is 5.73 Å². The summed E-state index contributed by atoms with van der Waals surface area (Å²) in [6.45, 7) is 10.2. The second-order valence-electron chi connectivity index (χ2n) is 6.04. The highest BCUT2D eigenvalue weighted by Gasteiger charge is 2.64. The van der Waals surface area contributed by atoms with E-state index in [-0.39, 0.29) is 0 Å². The van der Waals surface area contributed by atoms with Gasteiger partial charge < -0.3 is 11.1 Å². The lowest BCUT2D eigenvalue weighted by atomic mass is 10.0. The Bertz CT molecular complexity index is 442. The van der Waals surface area contributed by atoms with E-state index in [1.165, 1.54) is 11.8 Å². The molecule has 0 saturated heterocycles. The van der Waals surface area contributed by atoms with Crippen LogP contribution in [0.2, 0.25) is 0 Å². The Morgan fingerprint density at radius 2 is 1.89 bits per heavy atom. The maximum Gasteiger partial charge on any atom is 0.191 e. The van der Waals surface area contributed by atoms with Gasteiger partial charge in [0.25, 0.3) is 0 Å². The summed E-state index contributed by atoms with van der Waals surface area (Å²) in [6.07, 6.45) is 1.95. The third-order valence-corrected chi connectivity index (χ3v) is 5.26. The molecule has 0 aliphatic heterocycles. The lowest BCUT2D eigenvalue weighted by molar-refractivity contribution is 0.457. The molecule has 0 aromatic carbocycles. The smallest absolute Gasteiger partial charge is 0.191 e. The van der Waals surface area contributed by atoms with Crippen LogP contribution in [-0.4, -0.2) is 22.8 Å². The summed E-state index contributed by atoms with van der Waals surface area (Å²) in [6, 6.07) is 1.79. The largest absolute Gasteiger partial charge is 0.383 e. The van der Waals surface area contributed by atoms with Crippen molar-refractivity contribution in [1.82, 2.24) is 9.97 Å². The van der Waals surface area contributed by atoms with Crippen LogP contribution >= 0.6 is 11.8 Å². The molecule has 1 fully saturated rings. The van der Waals surface area contributed by atoms with Gasteiger partial charge in [0, 0.05) is 12.6 Å². The Labute approximate surface area is 113 Å². The Morgan fingerprint density at radius 1 is 1.28 bits per heavy atom. The number of nitrogen functional groups attached to an aromatic ring is 1. The van der Waals surface area contributed by atoms with Gasteiger partial charge in [-0.2, -0.15) is 0 Å². The van der Waals surface area contributed by atoms with Gasteiger partial charge in [0.05, 0.1) is 0 Å². The molecular formula is C13H22N4S. The summed E-state index contributed by atoms with van der Waals surface area (Å²) in [5.41, 5.74) is 6.54. The quantitative estimate of drug-likeness (QED) is 0.648. The SMILES string of the molecule is CSc1nc(N)cc(NCC2C(C)(C)C2(C)C)n1. The van der Waals surface area contributed by atoms with Crippen LogP contribution in [0.3, 0.4) is 0 Å². The first kappa shape index (κ1) is 13.5.